The summed E-state index contributed by atoms with van der Waals surface area (Å²) in [5.74, 6) is -2.55. The third kappa shape index (κ3) is 2.91. The first-order valence-corrected chi connectivity index (χ1v) is 5.34. The molecule has 0 aliphatic heterocycles. The minimum atomic E-state index is -1.02. The first kappa shape index (κ1) is 13.5. The van der Waals surface area contributed by atoms with Crippen LogP contribution < -0.4 is 5.32 Å². The van der Waals surface area contributed by atoms with Crippen molar-refractivity contribution in [3.8, 4) is 0 Å². The number of amides is 1. The first-order valence-electron chi connectivity index (χ1n) is 5.34. The number of nitro benzene ring substituents is 1. The van der Waals surface area contributed by atoms with Crippen molar-refractivity contribution in [2.45, 2.75) is 0 Å². The number of non-ortho nitro benzene ring substituents is 1. The maximum absolute atomic E-state index is 13.6. The lowest BCUT2D eigenvalue weighted by molar-refractivity contribution is -0.385. The van der Waals surface area contributed by atoms with Gasteiger partial charge in [0.05, 0.1) is 28.4 Å². The second-order valence-electron chi connectivity index (χ2n) is 3.74. The number of hydrogen-bond acceptors (Lipinski definition) is 4. The number of halogens is 2. The molecule has 0 spiro atoms. The van der Waals surface area contributed by atoms with Crippen LogP contribution >= 0.6 is 0 Å². The van der Waals surface area contributed by atoms with Gasteiger partial charge in [0.25, 0.3) is 11.6 Å². The van der Waals surface area contributed by atoms with E-state index in [1.165, 1.54) is 6.07 Å². The number of carbonyl (C=O) groups is 1. The zero-order chi connectivity index (χ0) is 14.7. The highest BCUT2D eigenvalue weighted by molar-refractivity contribution is 6.04. The fourth-order valence-electron chi connectivity index (χ4n) is 1.45. The molecule has 8 heteroatoms. The molecule has 6 nitrogen and oxygen atoms in total. The number of nitro groups is 1. The van der Waals surface area contributed by atoms with Crippen molar-refractivity contribution < 1.29 is 18.5 Å². The van der Waals surface area contributed by atoms with Crippen LogP contribution in [0.3, 0.4) is 0 Å². The Hall–Kier alpha value is -2.90. The summed E-state index contributed by atoms with van der Waals surface area (Å²) in [7, 11) is 0. The van der Waals surface area contributed by atoms with Crippen LogP contribution in [0.25, 0.3) is 0 Å². The van der Waals surface area contributed by atoms with Crippen LogP contribution in [0.4, 0.5) is 20.2 Å². The summed E-state index contributed by atoms with van der Waals surface area (Å²) in [4.78, 5) is 24.8. The molecule has 2 aromatic rings. The number of nitrogens with one attached hydrogen (secondary N) is 1. The number of aromatic nitrogens is 1. The van der Waals surface area contributed by atoms with Gasteiger partial charge in [-0.2, -0.15) is 4.39 Å². The van der Waals surface area contributed by atoms with Gasteiger partial charge in [-0.15, -0.1) is 0 Å². The Morgan fingerprint density at radius 1 is 1.25 bits per heavy atom. The van der Waals surface area contributed by atoms with Crippen LogP contribution in [-0.4, -0.2) is 15.8 Å². The van der Waals surface area contributed by atoms with Gasteiger partial charge in [-0.05, 0) is 18.2 Å². The Kier molecular flexibility index (Phi) is 3.65. The average Bonchev–Trinajstić information content (AvgIpc) is 2.41. The Labute approximate surface area is 111 Å². The topological polar surface area (TPSA) is 85.1 Å². The number of rotatable bonds is 3. The Balaban J connectivity index is 2.21. The van der Waals surface area contributed by atoms with Gasteiger partial charge in [-0.1, -0.05) is 0 Å². The minimum absolute atomic E-state index is 0.175. The molecule has 102 valence electrons. The molecule has 0 aliphatic carbocycles. The van der Waals surface area contributed by atoms with Gasteiger partial charge in [-0.25, -0.2) is 9.37 Å². The summed E-state index contributed by atoms with van der Waals surface area (Å²) >= 11 is 0. The Bertz CT molecular complexity index is 674. The van der Waals surface area contributed by atoms with E-state index in [9.17, 15) is 23.7 Å². The number of hydrogen-bond donors (Lipinski definition) is 1. The molecule has 0 bridgehead atoms. The lowest BCUT2D eigenvalue weighted by Gasteiger charge is -2.05. The van der Waals surface area contributed by atoms with E-state index in [1.807, 2.05) is 0 Å². The second-order valence-corrected chi connectivity index (χ2v) is 3.74. The maximum atomic E-state index is 13.6. The summed E-state index contributed by atoms with van der Waals surface area (Å²) in [5.41, 5.74) is -0.642. The summed E-state index contributed by atoms with van der Waals surface area (Å²) < 4.78 is 26.2. The Morgan fingerprint density at radius 2 is 2.00 bits per heavy atom. The van der Waals surface area contributed by atoms with Gasteiger partial charge in [0.15, 0.2) is 0 Å². The van der Waals surface area contributed by atoms with E-state index in [1.54, 1.807) is 0 Å². The molecule has 0 radical (unpaired) electrons. The van der Waals surface area contributed by atoms with E-state index < -0.39 is 28.3 Å². The molecule has 1 N–H and O–H groups in total. The second kappa shape index (κ2) is 5.39. The van der Waals surface area contributed by atoms with Crippen LogP contribution in [0, 0.1) is 21.9 Å². The summed E-state index contributed by atoms with van der Waals surface area (Å²) in [6.45, 7) is 0. The quantitative estimate of drug-likeness (QED) is 0.531. The molecule has 0 aliphatic rings. The SMILES string of the molecule is O=C(Nc1ccc(F)nc1)c1ccc([N+](=O)[O-])cc1F. The van der Waals surface area contributed by atoms with Gasteiger partial charge in [0.1, 0.15) is 5.82 Å². The van der Waals surface area contributed by atoms with Crippen molar-refractivity contribution in [1.29, 1.82) is 0 Å². The highest BCUT2D eigenvalue weighted by atomic mass is 19.1. The summed E-state index contributed by atoms with van der Waals surface area (Å²) in [5, 5.41) is 12.7. The molecule has 1 amide bonds. The van der Waals surface area contributed by atoms with Crippen molar-refractivity contribution in [2.75, 3.05) is 5.32 Å². The largest absolute Gasteiger partial charge is 0.320 e. The average molecular weight is 279 g/mol. The highest BCUT2D eigenvalue weighted by Gasteiger charge is 2.16. The van der Waals surface area contributed by atoms with Crippen molar-refractivity contribution >= 4 is 17.3 Å². The van der Waals surface area contributed by atoms with Gasteiger partial charge in [0.2, 0.25) is 5.95 Å². The first-order chi connectivity index (χ1) is 9.47. The molecular weight excluding hydrogens is 272 g/mol. The third-order valence-corrected chi connectivity index (χ3v) is 2.39. The fraction of sp³-hybridized carbons (Fsp3) is 0. The van der Waals surface area contributed by atoms with Crippen LogP contribution in [-0.2, 0) is 0 Å². The summed E-state index contributed by atoms with van der Waals surface area (Å²) in [6, 6.07) is 4.95. The van der Waals surface area contributed by atoms with E-state index in [0.29, 0.717) is 6.07 Å². The predicted molar refractivity (Wildman–Crippen MR) is 65.2 cm³/mol. The molecule has 1 aromatic carbocycles. The van der Waals surface area contributed by atoms with Gasteiger partial charge >= 0.3 is 0 Å². The molecule has 20 heavy (non-hydrogen) atoms. The van der Waals surface area contributed by atoms with Crippen molar-refractivity contribution in [3.63, 3.8) is 0 Å². The van der Waals surface area contributed by atoms with Gasteiger partial charge < -0.3 is 5.32 Å². The number of carbonyl (C=O) groups excluding carboxylic acids is 1. The number of nitrogens with zero attached hydrogens (tertiary/aromatic N) is 2. The number of pyridine rings is 1. The lowest BCUT2D eigenvalue weighted by Crippen LogP contribution is -2.14. The van der Waals surface area contributed by atoms with Crippen LogP contribution in [0.5, 0.6) is 0 Å². The van der Waals surface area contributed by atoms with Gasteiger partial charge in [0, 0.05) is 6.07 Å². The molecule has 1 aromatic heterocycles. The van der Waals surface area contributed by atoms with E-state index in [4.69, 9.17) is 0 Å². The van der Waals surface area contributed by atoms with Crippen LogP contribution in [0.1, 0.15) is 10.4 Å². The molecule has 1 heterocycles. The number of benzene rings is 1. The molecule has 0 saturated carbocycles. The van der Waals surface area contributed by atoms with E-state index >= 15 is 0 Å². The van der Waals surface area contributed by atoms with Crippen molar-refractivity contribution in [1.82, 2.24) is 4.98 Å². The van der Waals surface area contributed by atoms with Crippen molar-refractivity contribution in [2.24, 2.45) is 0 Å². The molecule has 0 unspecified atom stereocenters. The number of anilines is 1. The maximum Gasteiger partial charge on any atom is 0.272 e. The predicted octanol–water partition coefficient (Wildman–Crippen LogP) is 2.52. The standard InChI is InChI=1S/C12H7F2N3O3/c13-10-5-8(17(19)20)2-3-9(10)12(18)16-7-1-4-11(14)15-6-7/h1-6H,(H,16,18). The Morgan fingerprint density at radius 3 is 2.55 bits per heavy atom. The zero-order valence-corrected chi connectivity index (χ0v) is 9.84. The summed E-state index contributed by atoms with van der Waals surface area (Å²) in [6.07, 6.45) is 1.07. The van der Waals surface area contributed by atoms with Crippen LogP contribution in [0.2, 0.25) is 0 Å². The lowest BCUT2D eigenvalue weighted by atomic mass is 10.1. The van der Waals surface area contributed by atoms with E-state index in [0.717, 1.165) is 24.4 Å². The molecule has 0 atom stereocenters. The zero-order valence-electron chi connectivity index (χ0n) is 9.84. The van der Waals surface area contributed by atoms with Crippen molar-refractivity contribution in [3.05, 3.63) is 64.0 Å². The van der Waals surface area contributed by atoms with E-state index in [-0.39, 0.29) is 11.3 Å². The molecule has 0 saturated heterocycles. The third-order valence-electron chi connectivity index (χ3n) is 2.39. The monoisotopic (exact) mass is 279 g/mol. The smallest absolute Gasteiger partial charge is 0.272 e. The minimum Gasteiger partial charge on any atom is -0.320 e. The molecule has 0 fully saturated rings. The van der Waals surface area contributed by atoms with Crippen LogP contribution in [0.15, 0.2) is 36.5 Å². The van der Waals surface area contributed by atoms with E-state index in [2.05, 4.69) is 10.3 Å². The van der Waals surface area contributed by atoms with Gasteiger partial charge in [-0.3, -0.25) is 14.9 Å². The fourth-order valence-corrected chi connectivity index (χ4v) is 1.45. The molecule has 2 rings (SSSR count). The normalized spacial score (nSPS) is 10.1. The highest BCUT2D eigenvalue weighted by Crippen LogP contribution is 2.17. The molecular formula is C12H7F2N3O3.